The third-order valence-electron chi connectivity index (χ3n) is 2.92. The van der Waals surface area contributed by atoms with Gasteiger partial charge in [-0.3, -0.25) is 4.79 Å². The first-order valence-corrected chi connectivity index (χ1v) is 4.78. The Balaban J connectivity index is 2.37. The normalized spacial score (nSPS) is 28.3. The molecule has 1 aliphatic carbocycles. The van der Waals surface area contributed by atoms with E-state index in [9.17, 15) is 4.79 Å². The Morgan fingerprint density at radius 3 is 2.42 bits per heavy atom. The van der Waals surface area contributed by atoms with Gasteiger partial charge in [0.05, 0.1) is 0 Å². The van der Waals surface area contributed by atoms with E-state index >= 15 is 0 Å². The van der Waals surface area contributed by atoms with Gasteiger partial charge in [0.2, 0.25) is 5.91 Å². The van der Waals surface area contributed by atoms with Gasteiger partial charge in [0.15, 0.2) is 0 Å². The predicted octanol–water partition coefficient (Wildman–Crippen LogP) is 1.95. The van der Waals surface area contributed by atoms with Crippen molar-refractivity contribution in [3.63, 3.8) is 0 Å². The minimum atomic E-state index is -0.192. The molecule has 1 N–H and O–H groups in total. The third-order valence-corrected chi connectivity index (χ3v) is 2.92. The molecule has 1 amide bonds. The highest BCUT2D eigenvalue weighted by Gasteiger charge is 2.37. The van der Waals surface area contributed by atoms with Crippen LogP contribution in [-0.2, 0) is 4.79 Å². The summed E-state index contributed by atoms with van der Waals surface area (Å²) in [5.74, 6) is 0.904. The number of carbonyl (C=O) groups excluding carboxylic acids is 1. The molecule has 0 aromatic rings. The maximum absolute atomic E-state index is 11.6. The van der Waals surface area contributed by atoms with Crippen LogP contribution in [0.3, 0.4) is 0 Å². The van der Waals surface area contributed by atoms with Crippen molar-refractivity contribution in [2.45, 2.75) is 46.6 Å². The monoisotopic (exact) mass is 169 g/mol. The molecule has 2 unspecified atom stereocenters. The van der Waals surface area contributed by atoms with E-state index in [0.29, 0.717) is 12.0 Å². The van der Waals surface area contributed by atoms with Gasteiger partial charge in [0, 0.05) is 11.5 Å². The first-order valence-electron chi connectivity index (χ1n) is 4.78. The standard InChI is InChI=1S/C10H19NO/c1-5-10(3,4)9(12)11-8-6-7(8)2/h7-8H,5-6H2,1-4H3,(H,11,12). The maximum atomic E-state index is 11.6. The van der Waals surface area contributed by atoms with Gasteiger partial charge >= 0.3 is 0 Å². The zero-order chi connectivity index (χ0) is 9.35. The smallest absolute Gasteiger partial charge is 0.225 e. The van der Waals surface area contributed by atoms with E-state index in [1.807, 2.05) is 13.8 Å². The largest absolute Gasteiger partial charge is 0.353 e. The molecule has 2 nitrogen and oxygen atoms in total. The molecule has 12 heavy (non-hydrogen) atoms. The lowest BCUT2D eigenvalue weighted by Crippen LogP contribution is -2.38. The van der Waals surface area contributed by atoms with Gasteiger partial charge in [0.1, 0.15) is 0 Å². The molecule has 1 rings (SSSR count). The molecule has 0 bridgehead atoms. The van der Waals surface area contributed by atoms with Crippen LogP contribution in [0.15, 0.2) is 0 Å². The first-order chi connectivity index (χ1) is 5.47. The summed E-state index contributed by atoms with van der Waals surface area (Å²) in [7, 11) is 0. The van der Waals surface area contributed by atoms with Gasteiger partial charge in [-0.25, -0.2) is 0 Å². The Kier molecular flexibility index (Phi) is 2.45. The average molecular weight is 169 g/mol. The van der Waals surface area contributed by atoms with Crippen LogP contribution >= 0.6 is 0 Å². The van der Waals surface area contributed by atoms with Crippen molar-refractivity contribution in [3.8, 4) is 0 Å². The molecule has 0 spiro atoms. The minimum Gasteiger partial charge on any atom is -0.353 e. The van der Waals surface area contributed by atoms with Crippen molar-refractivity contribution in [1.29, 1.82) is 0 Å². The summed E-state index contributed by atoms with van der Waals surface area (Å²) in [6.45, 7) is 8.21. The number of hydrogen-bond donors (Lipinski definition) is 1. The van der Waals surface area contributed by atoms with Crippen molar-refractivity contribution >= 4 is 5.91 Å². The van der Waals surface area contributed by atoms with Crippen LogP contribution in [0.2, 0.25) is 0 Å². The second kappa shape index (κ2) is 3.08. The highest BCUT2D eigenvalue weighted by molar-refractivity contribution is 5.82. The molecule has 0 aromatic carbocycles. The van der Waals surface area contributed by atoms with Crippen molar-refractivity contribution in [3.05, 3.63) is 0 Å². The molecule has 1 fully saturated rings. The molecule has 2 atom stereocenters. The van der Waals surface area contributed by atoms with E-state index in [1.165, 1.54) is 0 Å². The first kappa shape index (κ1) is 9.56. The lowest BCUT2D eigenvalue weighted by atomic mass is 9.89. The Morgan fingerprint density at radius 2 is 2.08 bits per heavy atom. The molecule has 0 aromatic heterocycles. The van der Waals surface area contributed by atoms with Crippen LogP contribution < -0.4 is 5.32 Å². The van der Waals surface area contributed by atoms with Gasteiger partial charge < -0.3 is 5.32 Å². The van der Waals surface area contributed by atoms with E-state index in [4.69, 9.17) is 0 Å². The van der Waals surface area contributed by atoms with E-state index < -0.39 is 0 Å². The molecule has 1 saturated carbocycles. The molecule has 0 saturated heterocycles. The van der Waals surface area contributed by atoms with Crippen LogP contribution in [0.1, 0.15) is 40.5 Å². The molecular formula is C10H19NO. The molecule has 70 valence electrons. The molecular weight excluding hydrogens is 150 g/mol. The number of amides is 1. The van der Waals surface area contributed by atoms with Crippen LogP contribution in [0.5, 0.6) is 0 Å². The predicted molar refractivity (Wildman–Crippen MR) is 49.8 cm³/mol. The Hall–Kier alpha value is -0.530. The fraction of sp³-hybridized carbons (Fsp3) is 0.900. The van der Waals surface area contributed by atoms with E-state index in [0.717, 1.165) is 12.8 Å². The average Bonchev–Trinajstić information content (AvgIpc) is 2.66. The number of rotatable bonds is 3. The van der Waals surface area contributed by atoms with Gasteiger partial charge in [-0.1, -0.05) is 27.7 Å². The number of hydrogen-bond acceptors (Lipinski definition) is 1. The lowest BCUT2D eigenvalue weighted by Gasteiger charge is -2.21. The van der Waals surface area contributed by atoms with E-state index in [2.05, 4.69) is 19.2 Å². The maximum Gasteiger partial charge on any atom is 0.225 e. The summed E-state index contributed by atoms with van der Waals surface area (Å²) in [5.41, 5.74) is -0.192. The Bertz CT molecular complexity index is 186. The summed E-state index contributed by atoms with van der Waals surface area (Å²) >= 11 is 0. The van der Waals surface area contributed by atoms with Gasteiger partial charge in [-0.2, -0.15) is 0 Å². The quantitative estimate of drug-likeness (QED) is 0.687. The fourth-order valence-corrected chi connectivity index (χ4v) is 1.05. The second-order valence-electron chi connectivity index (χ2n) is 4.53. The van der Waals surface area contributed by atoms with Crippen molar-refractivity contribution in [2.24, 2.45) is 11.3 Å². The zero-order valence-electron chi connectivity index (χ0n) is 8.48. The summed E-state index contributed by atoms with van der Waals surface area (Å²) in [4.78, 5) is 11.6. The molecule has 0 radical (unpaired) electrons. The molecule has 0 heterocycles. The summed E-state index contributed by atoms with van der Waals surface area (Å²) in [6.07, 6.45) is 2.06. The van der Waals surface area contributed by atoms with Crippen LogP contribution in [-0.4, -0.2) is 11.9 Å². The van der Waals surface area contributed by atoms with Crippen LogP contribution in [0, 0.1) is 11.3 Å². The third kappa shape index (κ3) is 1.99. The SMILES string of the molecule is CCC(C)(C)C(=O)NC1CC1C. The lowest BCUT2D eigenvalue weighted by molar-refractivity contribution is -0.129. The molecule has 1 aliphatic rings. The molecule has 2 heteroatoms. The van der Waals surface area contributed by atoms with E-state index in [-0.39, 0.29) is 11.3 Å². The fourth-order valence-electron chi connectivity index (χ4n) is 1.05. The summed E-state index contributed by atoms with van der Waals surface area (Å²) in [5, 5.41) is 3.06. The van der Waals surface area contributed by atoms with Crippen molar-refractivity contribution in [2.75, 3.05) is 0 Å². The zero-order valence-corrected chi connectivity index (χ0v) is 8.48. The Labute approximate surface area is 74.7 Å². The summed E-state index contributed by atoms with van der Waals surface area (Å²) in [6, 6.07) is 0.461. The topological polar surface area (TPSA) is 29.1 Å². The number of nitrogens with one attached hydrogen (secondary N) is 1. The highest BCUT2D eigenvalue weighted by atomic mass is 16.2. The number of carbonyl (C=O) groups is 1. The van der Waals surface area contributed by atoms with Gasteiger partial charge in [-0.15, -0.1) is 0 Å². The van der Waals surface area contributed by atoms with Crippen molar-refractivity contribution in [1.82, 2.24) is 5.32 Å². The highest BCUT2D eigenvalue weighted by Crippen LogP contribution is 2.30. The van der Waals surface area contributed by atoms with Crippen molar-refractivity contribution < 1.29 is 4.79 Å². The van der Waals surface area contributed by atoms with Gasteiger partial charge in [-0.05, 0) is 18.8 Å². The Morgan fingerprint density at radius 1 is 1.58 bits per heavy atom. The molecule has 0 aliphatic heterocycles. The second-order valence-corrected chi connectivity index (χ2v) is 4.53. The van der Waals surface area contributed by atoms with Crippen LogP contribution in [0.4, 0.5) is 0 Å². The van der Waals surface area contributed by atoms with E-state index in [1.54, 1.807) is 0 Å². The van der Waals surface area contributed by atoms with Gasteiger partial charge in [0.25, 0.3) is 0 Å². The summed E-state index contributed by atoms with van der Waals surface area (Å²) < 4.78 is 0. The minimum absolute atomic E-state index is 0.192. The van der Waals surface area contributed by atoms with Crippen LogP contribution in [0.25, 0.3) is 0 Å².